The lowest BCUT2D eigenvalue weighted by atomic mass is 10.0. The summed E-state index contributed by atoms with van der Waals surface area (Å²) in [5, 5.41) is 3.62. The van der Waals surface area contributed by atoms with Crippen molar-refractivity contribution >= 4 is 5.69 Å². The van der Waals surface area contributed by atoms with Crippen LogP contribution in [-0.4, -0.2) is 36.1 Å². The number of pyridine rings is 1. The van der Waals surface area contributed by atoms with E-state index in [2.05, 4.69) is 39.5 Å². The van der Waals surface area contributed by atoms with E-state index in [1.54, 1.807) is 7.11 Å². The highest BCUT2D eigenvalue weighted by Gasteiger charge is 2.19. The number of likely N-dealkylation sites (tertiary alicyclic amines) is 1. The summed E-state index contributed by atoms with van der Waals surface area (Å²) in [6.07, 6.45) is 6.09. The molecule has 2 heterocycles. The SMILES string of the molecule is COc1ccc(NC2CCN(Cc3ccncc3)CC2)cc1. The molecule has 3 rings (SSSR count). The van der Waals surface area contributed by atoms with Crippen LogP contribution in [-0.2, 0) is 6.54 Å². The minimum Gasteiger partial charge on any atom is -0.497 e. The zero-order valence-electron chi connectivity index (χ0n) is 13.0. The molecule has 0 amide bonds. The Balaban J connectivity index is 1.47. The summed E-state index contributed by atoms with van der Waals surface area (Å²) in [5.41, 5.74) is 2.52. The van der Waals surface area contributed by atoms with Crippen LogP contribution in [0.2, 0.25) is 0 Å². The Labute approximate surface area is 132 Å². The van der Waals surface area contributed by atoms with Gasteiger partial charge in [0.25, 0.3) is 0 Å². The van der Waals surface area contributed by atoms with Gasteiger partial charge in [-0.1, -0.05) is 0 Å². The van der Waals surface area contributed by atoms with Crippen LogP contribution in [0.15, 0.2) is 48.8 Å². The predicted molar refractivity (Wildman–Crippen MR) is 89.2 cm³/mol. The number of methoxy groups -OCH3 is 1. The zero-order chi connectivity index (χ0) is 15.2. The van der Waals surface area contributed by atoms with Gasteiger partial charge in [0.15, 0.2) is 0 Å². The van der Waals surface area contributed by atoms with E-state index in [4.69, 9.17) is 4.74 Å². The second-order valence-corrected chi connectivity index (χ2v) is 5.78. The lowest BCUT2D eigenvalue weighted by molar-refractivity contribution is 0.211. The van der Waals surface area contributed by atoms with E-state index in [9.17, 15) is 0 Å². The number of nitrogens with one attached hydrogen (secondary N) is 1. The van der Waals surface area contributed by atoms with Gasteiger partial charge in [0.2, 0.25) is 0 Å². The molecule has 22 heavy (non-hydrogen) atoms. The summed E-state index contributed by atoms with van der Waals surface area (Å²) in [5.74, 6) is 0.901. The minimum absolute atomic E-state index is 0.557. The quantitative estimate of drug-likeness (QED) is 0.920. The Morgan fingerprint density at radius 1 is 1.09 bits per heavy atom. The largest absolute Gasteiger partial charge is 0.497 e. The molecule has 0 radical (unpaired) electrons. The maximum absolute atomic E-state index is 5.19. The number of anilines is 1. The molecule has 2 aromatic rings. The molecule has 1 saturated heterocycles. The molecular formula is C18H23N3O. The number of benzene rings is 1. The summed E-state index contributed by atoms with van der Waals surface area (Å²) in [7, 11) is 1.70. The molecule has 0 spiro atoms. The monoisotopic (exact) mass is 297 g/mol. The first-order valence-electron chi connectivity index (χ1n) is 7.85. The molecule has 4 heteroatoms. The fourth-order valence-corrected chi connectivity index (χ4v) is 2.90. The number of piperidine rings is 1. The van der Waals surface area contributed by atoms with Crippen LogP contribution in [0.4, 0.5) is 5.69 Å². The van der Waals surface area contributed by atoms with E-state index < -0.39 is 0 Å². The van der Waals surface area contributed by atoms with Crippen LogP contribution in [0.5, 0.6) is 5.75 Å². The molecule has 1 fully saturated rings. The van der Waals surface area contributed by atoms with Crippen LogP contribution in [0, 0.1) is 0 Å². The molecule has 4 nitrogen and oxygen atoms in total. The molecular weight excluding hydrogens is 274 g/mol. The summed E-state index contributed by atoms with van der Waals surface area (Å²) >= 11 is 0. The van der Waals surface area contributed by atoms with Crippen LogP contribution < -0.4 is 10.1 Å². The van der Waals surface area contributed by atoms with E-state index >= 15 is 0 Å². The first-order chi connectivity index (χ1) is 10.8. The van der Waals surface area contributed by atoms with Crippen molar-refractivity contribution in [3.05, 3.63) is 54.4 Å². The molecule has 1 aliphatic heterocycles. The third-order valence-electron chi connectivity index (χ3n) is 4.20. The predicted octanol–water partition coefficient (Wildman–Crippen LogP) is 3.17. The summed E-state index contributed by atoms with van der Waals surface area (Å²) < 4.78 is 5.19. The van der Waals surface area contributed by atoms with Crippen molar-refractivity contribution in [2.75, 3.05) is 25.5 Å². The minimum atomic E-state index is 0.557. The number of rotatable bonds is 5. The van der Waals surface area contributed by atoms with E-state index in [-0.39, 0.29) is 0 Å². The number of hydrogen-bond donors (Lipinski definition) is 1. The van der Waals surface area contributed by atoms with E-state index in [0.717, 1.165) is 25.4 Å². The smallest absolute Gasteiger partial charge is 0.119 e. The molecule has 1 N–H and O–H groups in total. The summed E-state index contributed by atoms with van der Waals surface area (Å²) in [4.78, 5) is 6.59. The Hall–Kier alpha value is -2.07. The number of hydrogen-bond acceptors (Lipinski definition) is 4. The third kappa shape index (κ3) is 3.98. The lowest BCUT2D eigenvalue weighted by Gasteiger charge is -2.32. The van der Waals surface area contributed by atoms with Gasteiger partial charge in [-0.15, -0.1) is 0 Å². The van der Waals surface area contributed by atoms with Crippen molar-refractivity contribution in [1.82, 2.24) is 9.88 Å². The second kappa shape index (κ2) is 7.27. The maximum atomic E-state index is 5.19. The molecule has 1 aromatic heterocycles. The van der Waals surface area contributed by atoms with Crippen LogP contribution in [0.25, 0.3) is 0 Å². The Morgan fingerprint density at radius 2 is 1.77 bits per heavy atom. The second-order valence-electron chi connectivity index (χ2n) is 5.78. The van der Waals surface area contributed by atoms with Gasteiger partial charge in [-0.25, -0.2) is 0 Å². The summed E-state index contributed by atoms with van der Waals surface area (Å²) in [6.45, 7) is 3.30. The molecule has 0 atom stereocenters. The van der Waals surface area contributed by atoms with Crippen molar-refractivity contribution in [1.29, 1.82) is 0 Å². The average molecular weight is 297 g/mol. The van der Waals surface area contributed by atoms with Crippen LogP contribution in [0.3, 0.4) is 0 Å². The maximum Gasteiger partial charge on any atom is 0.119 e. The fourth-order valence-electron chi connectivity index (χ4n) is 2.90. The highest BCUT2D eigenvalue weighted by Crippen LogP contribution is 2.20. The molecule has 0 bridgehead atoms. The Bertz CT molecular complexity index is 563. The Kier molecular flexibility index (Phi) is 4.91. The number of aromatic nitrogens is 1. The molecule has 116 valence electrons. The zero-order valence-corrected chi connectivity index (χ0v) is 13.0. The first kappa shape index (κ1) is 14.9. The molecule has 0 saturated carbocycles. The fraction of sp³-hybridized carbons (Fsp3) is 0.389. The van der Waals surface area contributed by atoms with Gasteiger partial charge >= 0.3 is 0 Å². The normalized spacial score (nSPS) is 16.4. The van der Waals surface area contributed by atoms with Gasteiger partial charge in [-0.3, -0.25) is 9.88 Å². The van der Waals surface area contributed by atoms with E-state index in [0.29, 0.717) is 6.04 Å². The number of nitrogens with zero attached hydrogens (tertiary/aromatic N) is 2. The van der Waals surface area contributed by atoms with Gasteiger partial charge in [-0.2, -0.15) is 0 Å². The van der Waals surface area contributed by atoms with E-state index in [1.165, 1.54) is 24.1 Å². The highest BCUT2D eigenvalue weighted by molar-refractivity contribution is 5.47. The molecule has 0 aliphatic carbocycles. The van der Waals surface area contributed by atoms with E-state index in [1.807, 2.05) is 24.5 Å². The van der Waals surface area contributed by atoms with Crippen molar-refractivity contribution in [2.45, 2.75) is 25.4 Å². The van der Waals surface area contributed by atoms with Crippen molar-refractivity contribution in [3.8, 4) is 5.75 Å². The van der Waals surface area contributed by atoms with Crippen molar-refractivity contribution in [3.63, 3.8) is 0 Å². The van der Waals surface area contributed by atoms with Gasteiger partial charge < -0.3 is 10.1 Å². The van der Waals surface area contributed by atoms with Crippen LogP contribution >= 0.6 is 0 Å². The molecule has 1 aliphatic rings. The standard InChI is InChI=1S/C18H23N3O/c1-22-18-4-2-16(3-5-18)20-17-8-12-21(13-9-17)14-15-6-10-19-11-7-15/h2-7,10-11,17,20H,8-9,12-14H2,1H3. The summed E-state index contributed by atoms with van der Waals surface area (Å²) in [6, 6.07) is 12.9. The van der Waals surface area contributed by atoms with Gasteiger partial charge in [0.1, 0.15) is 5.75 Å². The first-order valence-corrected chi connectivity index (χ1v) is 7.85. The van der Waals surface area contributed by atoms with Gasteiger partial charge in [0.05, 0.1) is 7.11 Å². The van der Waals surface area contributed by atoms with Gasteiger partial charge in [-0.05, 0) is 54.8 Å². The molecule has 1 aromatic carbocycles. The van der Waals surface area contributed by atoms with Crippen LogP contribution in [0.1, 0.15) is 18.4 Å². The number of ether oxygens (including phenoxy) is 1. The van der Waals surface area contributed by atoms with Crippen molar-refractivity contribution < 1.29 is 4.74 Å². The average Bonchev–Trinajstić information content (AvgIpc) is 2.58. The van der Waals surface area contributed by atoms with Gasteiger partial charge in [0, 0.05) is 43.8 Å². The lowest BCUT2D eigenvalue weighted by Crippen LogP contribution is -2.38. The third-order valence-corrected chi connectivity index (χ3v) is 4.20. The van der Waals surface area contributed by atoms with Crippen molar-refractivity contribution in [2.24, 2.45) is 0 Å². The molecule has 0 unspecified atom stereocenters. The Morgan fingerprint density at radius 3 is 2.41 bits per heavy atom. The topological polar surface area (TPSA) is 37.4 Å². The highest BCUT2D eigenvalue weighted by atomic mass is 16.5.